The van der Waals surface area contributed by atoms with E-state index in [1.54, 1.807) is 6.40 Å². The van der Waals surface area contributed by atoms with Gasteiger partial charge in [-0.3, -0.25) is 0 Å². The molecule has 1 heterocycles. The van der Waals surface area contributed by atoms with Crippen molar-refractivity contribution in [3.05, 3.63) is 24.0 Å². The number of rotatable bonds is 2. The zero-order valence-electron chi connectivity index (χ0n) is 7.08. The van der Waals surface area contributed by atoms with Crippen LogP contribution < -0.4 is 0 Å². The van der Waals surface area contributed by atoms with Crippen molar-refractivity contribution in [2.75, 3.05) is 13.6 Å². The Labute approximate surface area is 67.5 Å². The second-order valence-corrected chi connectivity index (χ2v) is 2.61. The Bertz CT molecular complexity index is 214. The summed E-state index contributed by atoms with van der Waals surface area (Å²) in [6, 6.07) is 0. The Kier molecular flexibility index (Phi) is 2.90. The summed E-state index contributed by atoms with van der Waals surface area (Å²) >= 11 is 0. The molecule has 2 nitrogen and oxygen atoms in total. The fraction of sp³-hybridized carbons (Fsp3) is 0.444. The number of hydrogen-bond donors (Lipinski definition) is 0. The Morgan fingerprint density at radius 3 is 3.09 bits per heavy atom. The molecule has 0 aliphatic carbocycles. The minimum atomic E-state index is 0.883. The van der Waals surface area contributed by atoms with Gasteiger partial charge in [0.2, 0.25) is 6.54 Å². The molecule has 0 spiro atoms. The van der Waals surface area contributed by atoms with E-state index in [0.717, 1.165) is 18.7 Å². The first-order valence-electron chi connectivity index (χ1n) is 3.89. The van der Waals surface area contributed by atoms with Crippen molar-refractivity contribution in [1.82, 2.24) is 0 Å². The van der Waals surface area contributed by atoms with Gasteiger partial charge in [-0.25, -0.2) is 0 Å². The summed E-state index contributed by atoms with van der Waals surface area (Å²) < 4.78 is 7.23. The van der Waals surface area contributed by atoms with Crippen molar-refractivity contribution in [1.29, 1.82) is 0 Å². The van der Waals surface area contributed by atoms with Crippen LogP contribution in [-0.2, 0) is 4.74 Å². The van der Waals surface area contributed by atoms with Gasteiger partial charge in [0, 0.05) is 0 Å². The van der Waals surface area contributed by atoms with E-state index in [9.17, 15) is 0 Å². The van der Waals surface area contributed by atoms with E-state index in [2.05, 4.69) is 13.0 Å². The van der Waals surface area contributed by atoms with E-state index in [4.69, 9.17) is 4.74 Å². The number of likely N-dealkylation sites (N-methyl/N-ethyl adjacent to an activating group) is 1. The summed E-state index contributed by atoms with van der Waals surface area (Å²) in [5.74, 6) is 1.01. The number of allylic oxidation sites excluding steroid dienone is 3. The van der Waals surface area contributed by atoms with Gasteiger partial charge >= 0.3 is 6.40 Å². The van der Waals surface area contributed by atoms with Gasteiger partial charge in [-0.05, 0) is 12.5 Å². The van der Waals surface area contributed by atoms with Gasteiger partial charge in [0.15, 0.2) is 5.76 Å². The third-order valence-corrected chi connectivity index (χ3v) is 1.44. The van der Waals surface area contributed by atoms with Gasteiger partial charge < -0.3 is 4.74 Å². The van der Waals surface area contributed by atoms with Gasteiger partial charge in [0.05, 0.1) is 0 Å². The lowest BCUT2D eigenvalue weighted by atomic mass is 10.3. The molecule has 0 fully saturated rings. The van der Waals surface area contributed by atoms with E-state index in [0.29, 0.717) is 0 Å². The summed E-state index contributed by atoms with van der Waals surface area (Å²) in [5.41, 5.74) is 0. The highest BCUT2D eigenvalue weighted by Gasteiger charge is 2.11. The molecule has 60 valence electrons. The normalized spacial score (nSPS) is 20.9. The van der Waals surface area contributed by atoms with Crippen LogP contribution in [0.25, 0.3) is 0 Å². The maximum atomic E-state index is 5.22. The summed E-state index contributed by atoms with van der Waals surface area (Å²) in [4.78, 5) is 0. The molecule has 0 bridgehead atoms. The average Bonchev–Trinajstić information content (AvgIpc) is 2.37. The Hall–Kier alpha value is -1.05. The molecule has 1 aliphatic heterocycles. The molecule has 0 saturated carbocycles. The van der Waals surface area contributed by atoms with Crippen LogP contribution in [0.5, 0.6) is 0 Å². The molecule has 0 unspecified atom stereocenters. The van der Waals surface area contributed by atoms with Gasteiger partial charge in [0.1, 0.15) is 7.05 Å². The minimum absolute atomic E-state index is 0.883. The second kappa shape index (κ2) is 3.96. The standard InChI is InChI=1S/C9H14NO/c1-3-4-5-6-9-7-10(2)8-11-9/h4-6,8H,3,7H2,1-2H3/q+1. The molecule has 0 N–H and O–H groups in total. The number of nitrogens with zero attached hydrogens (tertiary/aromatic N) is 1. The van der Waals surface area contributed by atoms with Crippen LogP contribution in [0.2, 0.25) is 0 Å². The monoisotopic (exact) mass is 152 g/mol. The molecule has 0 aromatic heterocycles. The fourth-order valence-corrected chi connectivity index (χ4v) is 0.881. The summed E-state index contributed by atoms with van der Waals surface area (Å²) in [5, 5.41) is 0. The highest BCUT2D eigenvalue weighted by atomic mass is 16.5. The van der Waals surface area contributed by atoms with Crippen molar-refractivity contribution in [3.63, 3.8) is 0 Å². The smallest absolute Gasteiger partial charge is 0.329 e. The quantitative estimate of drug-likeness (QED) is 0.547. The van der Waals surface area contributed by atoms with E-state index in [1.165, 1.54) is 0 Å². The predicted molar refractivity (Wildman–Crippen MR) is 45.7 cm³/mol. The minimum Gasteiger partial charge on any atom is -0.409 e. The maximum absolute atomic E-state index is 5.22. The summed E-state index contributed by atoms with van der Waals surface area (Å²) in [7, 11) is 1.99. The third kappa shape index (κ3) is 2.58. The molecule has 1 aliphatic rings. The van der Waals surface area contributed by atoms with Gasteiger partial charge in [-0.2, -0.15) is 4.58 Å². The Balaban J connectivity index is 2.40. The van der Waals surface area contributed by atoms with Crippen molar-refractivity contribution >= 4 is 6.40 Å². The molecule has 2 heteroatoms. The first-order valence-corrected chi connectivity index (χ1v) is 3.89. The van der Waals surface area contributed by atoms with Gasteiger partial charge in [-0.1, -0.05) is 19.1 Å². The molecular formula is C9H14NO+. The Morgan fingerprint density at radius 1 is 1.73 bits per heavy atom. The largest absolute Gasteiger partial charge is 0.409 e. The van der Waals surface area contributed by atoms with Crippen molar-refractivity contribution in [2.24, 2.45) is 0 Å². The zero-order valence-corrected chi connectivity index (χ0v) is 7.08. The summed E-state index contributed by atoms with van der Waals surface area (Å²) in [6.45, 7) is 3.00. The van der Waals surface area contributed by atoms with Gasteiger partial charge in [-0.15, -0.1) is 0 Å². The van der Waals surface area contributed by atoms with E-state index >= 15 is 0 Å². The molecule has 1 rings (SSSR count). The lowest BCUT2D eigenvalue weighted by Crippen LogP contribution is -1.99. The first-order chi connectivity index (χ1) is 5.33. The molecule has 0 atom stereocenters. The molecule has 0 amide bonds. The van der Waals surface area contributed by atoms with E-state index in [-0.39, 0.29) is 0 Å². The molecular weight excluding hydrogens is 138 g/mol. The lowest BCUT2D eigenvalue weighted by Gasteiger charge is -1.86. The number of hydrogen-bond acceptors (Lipinski definition) is 1. The number of ether oxygens (including phenoxy) is 1. The molecule has 0 radical (unpaired) electrons. The maximum Gasteiger partial charge on any atom is 0.329 e. The lowest BCUT2D eigenvalue weighted by molar-refractivity contribution is -0.478. The van der Waals surface area contributed by atoms with Gasteiger partial charge in [0.25, 0.3) is 0 Å². The van der Waals surface area contributed by atoms with Crippen molar-refractivity contribution in [2.45, 2.75) is 13.3 Å². The van der Waals surface area contributed by atoms with Crippen LogP contribution >= 0.6 is 0 Å². The van der Waals surface area contributed by atoms with Crippen LogP contribution in [0.3, 0.4) is 0 Å². The van der Waals surface area contributed by atoms with Crippen LogP contribution in [0.15, 0.2) is 24.0 Å². The second-order valence-electron chi connectivity index (χ2n) is 2.61. The topological polar surface area (TPSA) is 12.2 Å². The Morgan fingerprint density at radius 2 is 2.55 bits per heavy atom. The van der Waals surface area contributed by atoms with Crippen molar-refractivity contribution in [3.8, 4) is 0 Å². The van der Waals surface area contributed by atoms with Crippen molar-refractivity contribution < 1.29 is 9.31 Å². The van der Waals surface area contributed by atoms with E-state index in [1.807, 2.05) is 23.8 Å². The zero-order chi connectivity index (χ0) is 8.10. The third-order valence-electron chi connectivity index (χ3n) is 1.44. The SMILES string of the molecule is CCC=CC=C1C[N+](C)=CO1. The fourth-order valence-electron chi connectivity index (χ4n) is 0.881. The average molecular weight is 152 g/mol. The van der Waals surface area contributed by atoms with Crippen LogP contribution in [-0.4, -0.2) is 24.6 Å². The summed E-state index contributed by atoms with van der Waals surface area (Å²) in [6.07, 6.45) is 8.94. The van der Waals surface area contributed by atoms with Crippen LogP contribution in [0.4, 0.5) is 0 Å². The van der Waals surface area contributed by atoms with Crippen LogP contribution in [0.1, 0.15) is 13.3 Å². The highest BCUT2D eigenvalue weighted by molar-refractivity contribution is 5.44. The molecule has 0 aromatic carbocycles. The van der Waals surface area contributed by atoms with Crippen LogP contribution in [0, 0.1) is 0 Å². The predicted octanol–water partition coefficient (Wildman–Crippen LogP) is 1.54. The molecule has 0 aromatic rings. The molecule has 0 saturated heterocycles. The first kappa shape index (κ1) is 8.05. The van der Waals surface area contributed by atoms with E-state index < -0.39 is 0 Å². The highest BCUT2D eigenvalue weighted by Crippen LogP contribution is 2.01. The molecule has 11 heavy (non-hydrogen) atoms.